The van der Waals surface area contributed by atoms with Crippen LogP contribution in [0.25, 0.3) is 0 Å². The van der Waals surface area contributed by atoms with Crippen LogP contribution in [0, 0.1) is 25.7 Å². The minimum absolute atomic E-state index is 0.122. The van der Waals surface area contributed by atoms with Crippen molar-refractivity contribution in [1.82, 2.24) is 15.1 Å². The summed E-state index contributed by atoms with van der Waals surface area (Å²) in [5.41, 5.74) is 3.37. The van der Waals surface area contributed by atoms with Crippen molar-refractivity contribution >= 4 is 5.91 Å². The lowest BCUT2D eigenvalue weighted by Crippen LogP contribution is -2.35. The van der Waals surface area contributed by atoms with Crippen LogP contribution in [-0.2, 0) is 23.0 Å². The van der Waals surface area contributed by atoms with E-state index in [1.165, 1.54) is 5.56 Å². The summed E-state index contributed by atoms with van der Waals surface area (Å²) in [6.45, 7) is 9.96. The molecule has 0 aromatic carbocycles. The van der Waals surface area contributed by atoms with Gasteiger partial charge < -0.3 is 10.1 Å². The minimum Gasteiger partial charge on any atom is -0.378 e. The Hall–Kier alpha value is -1.36. The predicted octanol–water partition coefficient (Wildman–Crippen LogP) is 2.15. The monoisotopic (exact) mass is 307 g/mol. The highest BCUT2D eigenvalue weighted by atomic mass is 16.5. The lowest BCUT2D eigenvalue weighted by molar-refractivity contribution is -0.121. The molecule has 0 unspecified atom stereocenters. The molecule has 5 heteroatoms. The van der Waals surface area contributed by atoms with E-state index < -0.39 is 0 Å². The van der Waals surface area contributed by atoms with Crippen molar-refractivity contribution in [2.75, 3.05) is 13.2 Å². The Morgan fingerprint density at radius 1 is 1.45 bits per heavy atom. The van der Waals surface area contributed by atoms with Crippen LogP contribution >= 0.6 is 0 Å². The van der Waals surface area contributed by atoms with Gasteiger partial charge in [-0.05, 0) is 38.2 Å². The molecule has 1 aliphatic heterocycles. The molecule has 0 aliphatic carbocycles. The molecule has 1 amide bonds. The second-order valence-corrected chi connectivity index (χ2v) is 6.71. The highest BCUT2D eigenvalue weighted by molar-refractivity contribution is 5.76. The first kappa shape index (κ1) is 17.0. The number of nitrogens with one attached hydrogen (secondary N) is 1. The van der Waals surface area contributed by atoms with Crippen LogP contribution in [0.1, 0.15) is 43.6 Å². The van der Waals surface area contributed by atoms with Gasteiger partial charge in [-0.25, -0.2) is 0 Å². The summed E-state index contributed by atoms with van der Waals surface area (Å²) in [5, 5.41) is 7.47. The number of aryl methyl sites for hydroxylation is 2. The summed E-state index contributed by atoms with van der Waals surface area (Å²) in [6, 6.07) is 0. The largest absolute Gasteiger partial charge is 0.378 e. The van der Waals surface area contributed by atoms with Gasteiger partial charge in [0.2, 0.25) is 5.91 Å². The zero-order chi connectivity index (χ0) is 16.3. The maximum atomic E-state index is 12.1. The first-order valence-corrected chi connectivity index (χ1v) is 8.27. The standard InChI is InChI=1S/C17H29N3O2/c1-11(2)17-14(8-9-22-17)10-18-16(21)7-6-15-12(3)19-20(5)13(15)4/h11,14,17H,6-10H2,1-5H3,(H,18,21)/t14-,17-/m1/s1. The molecule has 1 aromatic heterocycles. The van der Waals surface area contributed by atoms with Crippen molar-refractivity contribution in [3.05, 3.63) is 17.0 Å². The third-order valence-electron chi connectivity index (χ3n) is 4.74. The molecular formula is C17H29N3O2. The molecule has 1 saturated heterocycles. The van der Waals surface area contributed by atoms with Crippen LogP contribution in [0.3, 0.4) is 0 Å². The van der Waals surface area contributed by atoms with Crippen molar-refractivity contribution < 1.29 is 9.53 Å². The fourth-order valence-electron chi connectivity index (χ4n) is 3.36. The van der Waals surface area contributed by atoms with Gasteiger partial charge in [0.15, 0.2) is 0 Å². The molecule has 5 nitrogen and oxygen atoms in total. The lowest BCUT2D eigenvalue weighted by atomic mass is 9.93. The van der Waals surface area contributed by atoms with Gasteiger partial charge >= 0.3 is 0 Å². The molecule has 1 aliphatic rings. The maximum absolute atomic E-state index is 12.1. The molecule has 2 heterocycles. The van der Waals surface area contributed by atoms with E-state index in [0.29, 0.717) is 18.3 Å². The zero-order valence-corrected chi connectivity index (χ0v) is 14.5. The van der Waals surface area contributed by atoms with E-state index in [-0.39, 0.29) is 12.0 Å². The van der Waals surface area contributed by atoms with Gasteiger partial charge in [0, 0.05) is 38.2 Å². The molecule has 1 aromatic rings. The first-order valence-electron chi connectivity index (χ1n) is 8.27. The van der Waals surface area contributed by atoms with Crippen molar-refractivity contribution in [3.63, 3.8) is 0 Å². The zero-order valence-electron chi connectivity index (χ0n) is 14.5. The van der Waals surface area contributed by atoms with Gasteiger partial charge in [0.05, 0.1) is 11.8 Å². The van der Waals surface area contributed by atoms with Gasteiger partial charge in [0.25, 0.3) is 0 Å². The number of hydrogen-bond acceptors (Lipinski definition) is 3. The van der Waals surface area contributed by atoms with Crippen molar-refractivity contribution in [1.29, 1.82) is 0 Å². The molecule has 22 heavy (non-hydrogen) atoms. The third-order valence-corrected chi connectivity index (χ3v) is 4.74. The summed E-state index contributed by atoms with van der Waals surface area (Å²) >= 11 is 0. The van der Waals surface area contributed by atoms with E-state index in [9.17, 15) is 4.79 Å². The Bertz CT molecular complexity index is 522. The molecule has 0 radical (unpaired) electrons. The normalized spacial score (nSPS) is 21.5. The maximum Gasteiger partial charge on any atom is 0.220 e. The summed E-state index contributed by atoms with van der Waals surface area (Å²) in [4.78, 5) is 12.1. The Labute approximate surface area is 133 Å². The molecule has 1 N–H and O–H groups in total. The van der Waals surface area contributed by atoms with Crippen molar-refractivity contribution in [2.45, 2.75) is 53.1 Å². The van der Waals surface area contributed by atoms with Gasteiger partial charge in [-0.15, -0.1) is 0 Å². The Morgan fingerprint density at radius 3 is 2.77 bits per heavy atom. The summed E-state index contributed by atoms with van der Waals surface area (Å²) in [5.74, 6) is 1.08. The fourth-order valence-corrected chi connectivity index (χ4v) is 3.36. The molecule has 0 bridgehead atoms. The summed E-state index contributed by atoms with van der Waals surface area (Å²) < 4.78 is 7.64. The second kappa shape index (κ2) is 7.27. The Balaban J connectivity index is 1.79. The highest BCUT2D eigenvalue weighted by Crippen LogP contribution is 2.26. The molecule has 2 atom stereocenters. The minimum atomic E-state index is 0.122. The molecule has 0 saturated carbocycles. The number of hydrogen-bond donors (Lipinski definition) is 1. The number of ether oxygens (including phenoxy) is 1. The Morgan fingerprint density at radius 2 is 2.18 bits per heavy atom. The van der Waals surface area contributed by atoms with E-state index in [4.69, 9.17) is 4.74 Å². The SMILES string of the molecule is Cc1nn(C)c(C)c1CCC(=O)NC[C@H]1CCO[C@@H]1C(C)C. The number of carbonyl (C=O) groups excluding carboxylic acids is 1. The molecule has 1 fully saturated rings. The molecule has 124 valence electrons. The van der Waals surface area contributed by atoms with E-state index in [1.54, 1.807) is 0 Å². The average Bonchev–Trinajstić information content (AvgIpc) is 3.01. The van der Waals surface area contributed by atoms with Crippen LogP contribution in [0.4, 0.5) is 0 Å². The van der Waals surface area contributed by atoms with Gasteiger partial charge in [-0.1, -0.05) is 13.8 Å². The summed E-state index contributed by atoms with van der Waals surface area (Å²) in [7, 11) is 1.94. The number of amides is 1. The van der Waals surface area contributed by atoms with Crippen LogP contribution in [0.2, 0.25) is 0 Å². The topological polar surface area (TPSA) is 56.2 Å². The summed E-state index contributed by atoms with van der Waals surface area (Å²) in [6.07, 6.45) is 2.60. The lowest BCUT2D eigenvalue weighted by Gasteiger charge is -2.22. The van der Waals surface area contributed by atoms with Gasteiger partial charge in [0.1, 0.15) is 0 Å². The number of carbonyl (C=O) groups is 1. The fraction of sp³-hybridized carbons (Fsp3) is 0.765. The van der Waals surface area contributed by atoms with E-state index in [0.717, 1.165) is 37.4 Å². The van der Waals surface area contributed by atoms with Crippen LogP contribution < -0.4 is 5.32 Å². The van der Waals surface area contributed by atoms with E-state index in [2.05, 4.69) is 31.2 Å². The predicted molar refractivity (Wildman–Crippen MR) is 86.7 cm³/mol. The van der Waals surface area contributed by atoms with Gasteiger partial charge in [-0.2, -0.15) is 5.10 Å². The van der Waals surface area contributed by atoms with Crippen molar-refractivity contribution in [2.24, 2.45) is 18.9 Å². The van der Waals surface area contributed by atoms with E-state index >= 15 is 0 Å². The molecule has 0 spiro atoms. The van der Waals surface area contributed by atoms with Crippen LogP contribution in [-0.4, -0.2) is 34.9 Å². The van der Waals surface area contributed by atoms with Gasteiger partial charge in [-0.3, -0.25) is 9.48 Å². The number of rotatable bonds is 6. The quantitative estimate of drug-likeness (QED) is 0.876. The Kier molecular flexibility index (Phi) is 5.62. The second-order valence-electron chi connectivity index (χ2n) is 6.71. The smallest absolute Gasteiger partial charge is 0.220 e. The number of nitrogens with zero attached hydrogens (tertiary/aromatic N) is 2. The van der Waals surface area contributed by atoms with Crippen LogP contribution in [0.5, 0.6) is 0 Å². The highest BCUT2D eigenvalue weighted by Gasteiger charge is 2.30. The van der Waals surface area contributed by atoms with Crippen LogP contribution in [0.15, 0.2) is 0 Å². The van der Waals surface area contributed by atoms with E-state index in [1.807, 2.05) is 18.7 Å². The molecular weight excluding hydrogens is 278 g/mol. The first-order chi connectivity index (χ1) is 10.4. The molecule has 2 rings (SSSR count). The number of aromatic nitrogens is 2. The van der Waals surface area contributed by atoms with Crippen molar-refractivity contribution in [3.8, 4) is 0 Å². The third kappa shape index (κ3) is 3.88. The average molecular weight is 307 g/mol.